The monoisotopic (exact) mass is 514 g/mol. The summed E-state index contributed by atoms with van der Waals surface area (Å²) in [7, 11) is 1.66. The van der Waals surface area contributed by atoms with E-state index in [4.69, 9.17) is 9.47 Å². The molecule has 0 spiro atoms. The number of carbonyl (C=O) groups excluding carboxylic acids is 2. The maximum absolute atomic E-state index is 14.3. The average molecular weight is 515 g/mol. The van der Waals surface area contributed by atoms with E-state index in [1.165, 1.54) is 12.8 Å². The quantitative estimate of drug-likeness (QED) is 0.304. The third-order valence-corrected chi connectivity index (χ3v) is 8.92. The molecule has 2 aliphatic carbocycles. The zero-order valence-corrected chi connectivity index (χ0v) is 24.6. The Kier molecular flexibility index (Phi) is 9.04. The van der Waals surface area contributed by atoms with Gasteiger partial charge in [-0.25, -0.2) is 4.79 Å². The molecule has 0 bridgehead atoms. The van der Waals surface area contributed by atoms with Gasteiger partial charge in [0.25, 0.3) is 0 Å². The first-order valence-corrected chi connectivity index (χ1v) is 14.1. The average Bonchev–Trinajstić information content (AvgIpc) is 2.77. The Balaban J connectivity index is 1.77. The lowest BCUT2D eigenvalue weighted by atomic mass is 9.45. The number of fused-ring (bicyclic) bond motifs is 1. The highest BCUT2D eigenvalue weighted by atomic mass is 16.6. The molecule has 1 aromatic rings. The van der Waals surface area contributed by atoms with Crippen LogP contribution in [0.5, 0.6) is 5.75 Å². The van der Waals surface area contributed by atoms with Crippen molar-refractivity contribution in [3.63, 3.8) is 0 Å². The SMILES string of the molecule is COc1cc(C)cc(C(=O)[C@H]2[C@@H](C)C(NCCCNC(=O)OC(C)(C)C)C[C@H]3C(C)(C)CCC[C@]23C)c1. The predicted molar refractivity (Wildman–Crippen MR) is 149 cm³/mol. The molecule has 1 amide bonds. The van der Waals surface area contributed by atoms with Gasteiger partial charge in [0.2, 0.25) is 0 Å². The Bertz CT molecular complexity index is 966. The molecule has 37 heavy (non-hydrogen) atoms. The molecule has 2 saturated carbocycles. The highest BCUT2D eigenvalue weighted by Gasteiger charge is 2.58. The lowest BCUT2D eigenvalue weighted by Crippen LogP contribution is -2.60. The van der Waals surface area contributed by atoms with E-state index in [0.717, 1.165) is 42.7 Å². The molecule has 208 valence electrons. The number of ether oxygens (including phenoxy) is 2. The smallest absolute Gasteiger partial charge is 0.407 e. The van der Waals surface area contributed by atoms with E-state index in [1.54, 1.807) is 7.11 Å². The summed E-state index contributed by atoms with van der Waals surface area (Å²) in [4.78, 5) is 26.2. The Hall–Kier alpha value is -2.08. The third-order valence-electron chi connectivity index (χ3n) is 8.92. The van der Waals surface area contributed by atoms with Crippen LogP contribution in [0.2, 0.25) is 0 Å². The molecule has 0 heterocycles. The fourth-order valence-corrected chi connectivity index (χ4v) is 7.30. The number of hydrogen-bond donors (Lipinski definition) is 2. The van der Waals surface area contributed by atoms with Crippen LogP contribution in [0.25, 0.3) is 0 Å². The molecule has 0 saturated heterocycles. The minimum Gasteiger partial charge on any atom is -0.497 e. The van der Waals surface area contributed by atoms with Crippen molar-refractivity contribution in [1.82, 2.24) is 10.6 Å². The molecule has 2 N–H and O–H groups in total. The Morgan fingerprint density at radius 3 is 2.43 bits per heavy atom. The van der Waals surface area contributed by atoms with Gasteiger partial charge >= 0.3 is 6.09 Å². The fraction of sp³-hybridized carbons (Fsp3) is 0.742. The Morgan fingerprint density at radius 2 is 1.78 bits per heavy atom. The molecule has 2 fully saturated rings. The van der Waals surface area contributed by atoms with Gasteiger partial charge in [0.15, 0.2) is 5.78 Å². The van der Waals surface area contributed by atoms with Crippen LogP contribution in [0.4, 0.5) is 4.79 Å². The van der Waals surface area contributed by atoms with Gasteiger partial charge in [-0.2, -0.15) is 0 Å². The van der Waals surface area contributed by atoms with E-state index in [-0.39, 0.29) is 40.6 Å². The van der Waals surface area contributed by atoms with E-state index >= 15 is 0 Å². The number of methoxy groups -OCH3 is 1. The molecule has 2 aliphatic rings. The van der Waals surface area contributed by atoms with Gasteiger partial charge in [-0.05, 0) is 106 Å². The van der Waals surface area contributed by atoms with Crippen molar-refractivity contribution in [2.45, 2.75) is 99.1 Å². The highest BCUT2D eigenvalue weighted by molar-refractivity contribution is 5.99. The van der Waals surface area contributed by atoms with Gasteiger partial charge in [0.05, 0.1) is 7.11 Å². The van der Waals surface area contributed by atoms with Crippen LogP contribution < -0.4 is 15.4 Å². The van der Waals surface area contributed by atoms with Gasteiger partial charge in [-0.3, -0.25) is 4.79 Å². The zero-order chi connectivity index (χ0) is 27.6. The molecule has 6 nitrogen and oxygen atoms in total. The first-order chi connectivity index (χ1) is 17.2. The van der Waals surface area contributed by atoms with Crippen LogP contribution in [0.15, 0.2) is 18.2 Å². The van der Waals surface area contributed by atoms with Crippen molar-refractivity contribution >= 4 is 11.9 Å². The van der Waals surface area contributed by atoms with Crippen LogP contribution in [0.3, 0.4) is 0 Å². The largest absolute Gasteiger partial charge is 0.497 e. The van der Waals surface area contributed by atoms with E-state index in [0.29, 0.717) is 12.5 Å². The lowest BCUT2D eigenvalue weighted by molar-refractivity contribution is -0.0914. The summed E-state index contributed by atoms with van der Waals surface area (Å²) >= 11 is 0. The van der Waals surface area contributed by atoms with Crippen LogP contribution in [-0.4, -0.2) is 43.7 Å². The molecule has 1 unspecified atom stereocenters. The summed E-state index contributed by atoms with van der Waals surface area (Å²) in [5.41, 5.74) is 1.46. The van der Waals surface area contributed by atoms with Crippen molar-refractivity contribution in [2.75, 3.05) is 20.2 Å². The summed E-state index contributed by atoms with van der Waals surface area (Å²) in [5, 5.41) is 6.63. The summed E-state index contributed by atoms with van der Waals surface area (Å²) in [6.45, 7) is 18.4. The summed E-state index contributed by atoms with van der Waals surface area (Å²) < 4.78 is 10.8. The number of nitrogens with one attached hydrogen (secondary N) is 2. The molecule has 0 aromatic heterocycles. The number of hydrogen-bond acceptors (Lipinski definition) is 5. The maximum atomic E-state index is 14.3. The maximum Gasteiger partial charge on any atom is 0.407 e. The van der Waals surface area contributed by atoms with Gasteiger partial charge in [0.1, 0.15) is 11.4 Å². The first kappa shape index (κ1) is 29.5. The van der Waals surface area contributed by atoms with Crippen molar-refractivity contribution in [2.24, 2.45) is 28.6 Å². The molecule has 5 atom stereocenters. The van der Waals surface area contributed by atoms with Crippen LogP contribution >= 0.6 is 0 Å². The van der Waals surface area contributed by atoms with Crippen LogP contribution in [-0.2, 0) is 4.74 Å². The van der Waals surface area contributed by atoms with Crippen LogP contribution in [0.1, 0.15) is 96.5 Å². The van der Waals surface area contributed by atoms with E-state index in [9.17, 15) is 9.59 Å². The molecule has 1 aromatic carbocycles. The van der Waals surface area contributed by atoms with E-state index in [1.807, 2.05) is 45.9 Å². The van der Waals surface area contributed by atoms with Gasteiger partial charge in [-0.15, -0.1) is 0 Å². The van der Waals surface area contributed by atoms with Gasteiger partial charge in [0, 0.05) is 24.1 Å². The fourth-order valence-electron chi connectivity index (χ4n) is 7.30. The number of benzene rings is 1. The topological polar surface area (TPSA) is 76.7 Å². The molecule has 0 aliphatic heterocycles. The minimum absolute atomic E-state index is 0.0360. The number of aryl methyl sites for hydroxylation is 1. The first-order valence-electron chi connectivity index (χ1n) is 14.1. The summed E-state index contributed by atoms with van der Waals surface area (Å²) in [6.07, 6.45) is 4.97. The normalized spacial score (nSPS) is 29.2. The van der Waals surface area contributed by atoms with Gasteiger partial charge in [-0.1, -0.05) is 34.1 Å². The number of rotatable bonds is 8. The molecule has 0 radical (unpaired) electrons. The number of alkyl carbamates (subject to hydrolysis) is 1. The van der Waals surface area contributed by atoms with Crippen molar-refractivity contribution in [3.8, 4) is 5.75 Å². The molecule has 6 heteroatoms. The second-order valence-electron chi connectivity index (χ2n) is 13.4. The minimum atomic E-state index is -0.498. The number of ketones is 1. The van der Waals surface area contributed by atoms with Crippen LogP contribution in [0, 0.1) is 35.5 Å². The molecular weight excluding hydrogens is 464 g/mol. The van der Waals surface area contributed by atoms with Crippen molar-refractivity contribution in [3.05, 3.63) is 29.3 Å². The highest BCUT2D eigenvalue weighted by Crippen LogP contribution is 2.61. The van der Waals surface area contributed by atoms with Gasteiger partial charge < -0.3 is 20.1 Å². The predicted octanol–water partition coefficient (Wildman–Crippen LogP) is 6.55. The van der Waals surface area contributed by atoms with Crippen molar-refractivity contribution in [1.29, 1.82) is 0 Å². The number of amides is 1. The Labute approximate surface area is 224 Å². The summed E-state index contributed by atoms with van der Waals surface area (Å²) in [6, 6.07) is 6.15. The number of carbonyl (C=O) groups is 2. The van der Waals surface area contributed by atoms with Crippen molar-refractivity contribution < 1.29 is 19.1 Å². The molecule has 3 rings (SSSR count). The number of Topliss-reactive ketones (excluding diaryl/α,β-unsaturated/α-hetero) is 1. The lowest BCUT2D eigenvalue weighted by Gasteiger charge is -2.60. The standard InChI is InChI=1S/C31H50N2O4/c1-20-16-22(18-23(17-20)36-9)27(34)26-21(2)24(19-25-30(6,7)12-10-13-31(25,26)8)32-14-11-15-33-28(35)37-29(3,4)5/h16-18,21,24-26,32H,10-15,19H2,1-9H3,(H,33,35)/t21-,24?,25-,26+,31-/m0/s1. The second-order valence-corrected chi connectivity index (χ2v) is 13.4. The molecular formula is C31H50N2O4. The zero-order valence-electron chi connectivity index (χ0n) is 24.6. The third kappa shape index (κ3) is 6.87. The van der Waals surface area contributed by atoms with E-state index < -0.39 is 5.60 Å². The Morgan fingerprint density at radius 1 is 1.08 bits per heavy atom. The van der Waals surface area contributed by atoms with E-state index in [2.05, 4.69) is 38.3 Å². The second kappa shape index (κ2) is 11.3. The summed E-state index contributed by atoms with van der Waals surface area (Å²) in [5.74, 6) is 1.59.